The van der Waals surface area contributed by atoms with E-state index in [1.165, 1.54) is 12.0 Å². The van der Waals surface area contributed by atoms with Crippen LogP contribution in [-0.4, -0.2) is 48.9 Å². The number of hydrogen-bond donors (Lipinski definition) is 1. The molecule has 0 radical (unpaired) electrons. The molecule has 1 aromatic rings. The quantitative estimate of drug-likeness (QED) is 0.833. The van der Waals surface area contributed by atoms with E-state index in [9.17, 15) is 14.7 Å². The minimum absolute atomic E-state index is 0.0341. The normalized spacial score (nSPS) is 23.4. The molecule has 1 heterocycles. The molecule has 2 rings (SSSR count). The first kappa shape index (κ1) is 20.2. The molecule has 1 aromatic carbocycles. The minimum Gasteiger partial charge on any atom is -0.468 e. The fourth-order valence-corrected chi connectivity index (χ4v) is 3.37. The summed E-state index contributed by atoms with van der Waals surface area (Å²) < 4.78 is 10.4. The van der Waals surface area contributed by atoms with Gasteiger partial charge in [0.25, 0.3) is 0 Å². The Morgan fingerprint density at radius 2 is 1.92 bits per heavy atom. The summed E-state index contributed by atoms with van der Waals surface area (Å²) in [5, 5.41) is 9.95. The van der Waals surface area contributed by atoms with Crippen LogP contribution in [0.5, 0.6) is 0 Å². The standard InChI is InChI=1S/C20H29NO5/c1-19(2,3)16-10-20(14-22,17(23)25-4)13-21(11-16)18(24)26-12-15-8-6-5-7-9-15/h5-9,16,22H,10-14H2,1-4H3/t16-,20-/m1/s1. The molecule has 0 bridgehead atoms. The smallest absolute Gasteiger partial charge is 0.410 e. The average molecular weight is 363 g/mol. The summed E-state index contributed by atoms with van der Waals surface area (Å²) in [6.07, 6.45) is -0.00757. The molecule has 1 fully saturated rings. The maximum atomic E-state index is 12.6. The van der Waals surface area contributed by atoms with Gasteiger partial charge in [0, 0.05) is 13.1 Å². The molecule has 1 aliphatic heterocycles. The van der Waals surface area contributed by atoms with Gasteiger partial charge in [-0.05, 0) is 23.3 Å². The zero-order valence-electron chi connectivity index (χ0n) is 16.0. The topological polar surface area (TPSA) is 76.1 Å². The van der Waals surface area contributed by atoms with Crippen molar-refractivity contribution < 1.29 is 24.2 Å². The molecule has 26 heavy (non-hydrogen) atoms. The fraction of sp³-hybridized carbons (Fsp3) is 0.600. The van der Waals surface area contributed by atoms with E-state index in [-0.39, 0.29) is 31.1 Å². The van der Waals surface area contributed by atoms with Crippen molar-refractivity contribution in [2.45, 2.75) is 33.8 Å². The van der Waals surface area contributed by atoms with Crippen molar-refractivity contribution in [1.29, 1.82) is 0 Å². The molecular formula is C20H29NO5. The Labute approximate surface area is 155 Å². The third kappa shape index (κ3) is 4.55. The summed E-state index contributed by atoms with van der Waals surface area (Å²) in [6, 6.07) is 9.43. The first-order valence-corrected chi connectivity index (χ1v) is 8.87. The van der Waals surface area contributed by atoms with E-state index in [1.807, 2.05) is 30.3 Å². The summed E-state index contributed by atoms with van der Waals surface area (Å²) in [4.78, 5) is 26.5. The third-order valence-corrected chi connectivity index (χ3v) is 5.18. The van der Waals surface area contributed by atoms with Crippen LogP contribution >= 0.6 is 0 Å². The summed E-state index contributed by atoms with van der Waals surface area (Å²) in [7, 11) is 1.30. The Morgan fingerprint density at radius 1 is 1.27 bits per heavy atom. The number of hydrogen-bond acceptors (Lipinski definition) is 5. The molecular weight excluding hydrogens is 334 g/mol. The number of carbonyl (C=O) groups excluding carboxylic acids is 2. The minimum atomic E-state index is -1.11. The maximum absolute atomic E-state index is 12.6. The molecule has 144 valence electrons. The molecule has 6 nitrogen and oxygen atoms in total. The van der Waals surface area contributed by atoms with Crippen molar-refractivity contribution in [1.82, 2.24) is 4.90 Å². The lowest BCUT2D eigenvalue weighted by Gasteiger charge is -2.47. The van der Waals surface area contributed by atoms with Crippen molar-refractivity contribution in [3.63, 3.8) is 0 Å². The zero-order chi connectivity index (χ0) is 19.4. The highest BCUT2D eigenvalue weighted by Crippen LogP contribution is 2.42. The lowest BCUT2D eigenvalue weighted by atomic mass is 9.67. The average Bonchev–Trinajstić information content (AvgIpc) is 2.65. The van der Waals surface area contributed by atoms with Crippen molar-refractivity contribution in [2.75, 3.05) is 26.8 Å². The number of esters is 1. The molecule has 1 N–H and O–H groups in total. The van der Waals surface area contributed by atoms with Gasteiger partial charge in [0.2, 0.25) is 0 Å². The Balaban J connectivity index is 2.17. The Bertz CT molecular complexity index is 625. The van der Waals surface area contributed by atoms with E-state index in [4.69, 9.17) is 9.47 Å². The first-order valence-electron chi connectivity index (χ1n) is 8.87. The molecule has 0 aliphatic carbocycles. The van der Waals surface area contributed by atoms with Crippen LogP contribution in [0.2, 0.25) is 0 Å². The van der Waals surface area contributed by atoms with E-state index < -0.39 is 17.5 Å². The second-order valence-corrected chi connectivity index (χ2v) is 8.12. The number of likely N-dealkylation sites (tertiary alicyclic amines) is 1. The maximum Gasteiger partial charge on any atom is 0.410 e. The predicted octanol–water partition coefficient (Wildman–Crippen LogP) is 2.84. The lowest BCUT2D eigenvalue weighted by Crippen LogP contribution is -2.57. The van der Waals surface area contributed by atoms with Crippen LogP contribution in [-0.2, 0) is 20.9 Å². The van der Waals surface area contributed by atoms with Gasteiger partial charge in [0.1, 0.15) is 12.0 Å². The van der Waals surface area contributed by atoms with Crippen molar-refractivity contribution in [3.05, 3.63) is 35.9 Å². The molecule has 2 atom stereocenters. The van der Waals surface area contributed by atoms with Crippen LogP contribution in [0.1, 0.15) is 32.8 Å². The van der Waals surface area contributed by atoms with E-state index in [0.29, 0.717) is 13.0 Å². The van der Waals surface area contributed by atoms with Crippen molar-refractivity contribution in [2.24, 2.45) is 16.7 Å². The monoisotopic (exact) mass is 363 g/mol. The van der Waals surface area contributed by atoms with Gasteiger partial charge >= 0.3 is 12.1 Å². The second kappa shape index (κ2) is 8.08. The van der Waals surface area contributed by atoms with E-state index in [1.54, 1.807) is 0 Å². The number of nitrogens with zero attached hydrogens (tertiary/aromatic N) is 1. The molecule has 0 spiro atoms. The van der Waals surface area contributed by atoms with Gasteiger partial charge in [-0.1, -0.05) is 51.1 Å². The Kier molecular flexibility index (Phi) is 6.29. The van der Waals surface area contributed by atoms with Crippen LogP contribution in [0.3, 0.4) is 0 Å². The van der Waals surface area contributed by atoms with E-state index in [0.717, 1.165) is 5.56 Å². The number of aliphatic hydroxyl groups is 1. The predicted molar refractivity (Wildman–Crippen MR) is 97.3 cm³/mol. The van der Waals surface area contributed by atoms with Gasteiger partial charge < -0.3 is 19.5 Å². The first-order chi connectivity index (χ1) is 12.2. The number of benzene rings is 1. The van der Waals surface area contributed by atoms with Crippen molar-refractivity contribution >= 4 is 12.1 Å². The molecule has 1 saturated heterocycles. The molecule has 1 aliphatic rings. The number of amides is 1. The van der Waals surface area contributed by atoms with Crippen LogP contribution < -0.4 is 0 Å². The highest BCUT2D eigenvalue weighted by atomic mass is 16.6. The molecule has 0 aromatic heterocycles. The summed E-state index contributed by atoms with van der Waals surface area (Å²) in [5.41, 5.74) is -0.351. The molecule has 1 amide bonds. The second-order valence-electron chi connectivity index (χ2n) is 8.12. The number of ether oxygens (including phenoxy) is 2. The number of carbonyl (C=O) groups is 2. The van der Waals surface area contributed by atoms with Crippen LogP contribution in [0.4, 0.5) is 4.79 Å². The summed E-state index contributed by atoms with van der Waals surface area (Å²) in [6.45, 7) is 6.57. The number of methoxy groups -OCH3 is 1. The van der Waals surface area contributed by atoms with Gasteiger partial charge in [-0.25, -0.2) is 4.79 Å². The van der Waals surface area contributed by atoms with E-state index in [2.05, 4.69) is 20.8 Å². The SMILES string of the molecule is COC(=O)[C@]1(CO)C[C@@H](C(C)(C)C)CN(C(=O)OCc2ccccc2)C1. The van der Waals surface area contributed by atoms with Crippen LogP contribution in [0.25, 0.3) is 0 Å². The highest BCUT2D eigenvalue weighted by molar-refractivity contribution is 5.79. The Morgan fingerprint density at radius 3 is 2.46 bits per heavy atom. The van der Waals surface area contributed by atoms with Crippen LogP contribution in [0, 0.1) is 16.7 Å². The van der Waals surface area contributed by atoms with E-state index >= 15 is 0 Å². The van der Waals surface area contributed by atoms with Crippen molar-refractivity contribution in [3.8, 4) is 0 Å². The summed E-state index contributed by atoms with van der Waals surface area (Å²) >= 11 is 0. The van der Waals surface area contributed by atoms with Gasteiger partial charge in [0.15, 0.2) is 0 Å². The van der Waals surface area contributed by atoms with Gasteiger partial charge in [-0.15, -0.1) is 0 Å². The fourth-order valence-electron chi connectivity index (χ4n) is 3.37. The summed E-state index contributed by atoms with van der Waals surface area (Å²) in [5.74, 6) is -0.457. The van der Waals surface area contributed by atoms with Gasteiger partial charge in [-0.3, -0.25) is 4.79 Å². The number of aliphatic hydroxyl groups excluding tert-OH is 1. The number of rotatable bonds is 4. The molecule has 0 saturated carbocycles. The largest absolute Gasteiger partial charge is 0.468 e. The number of piperidine rings is 1. The molecule has 6 heteroatoms. The molecule has 0 unspecified atom stereocenters. The van der Waals surface area contributed by atoms with Gasteiger partial charge in [0.05, 0.1) is 13.7 Å². The van der Waals surface area contributed by atoms with Crippen LogP contribution in [0.15, 0.2) is 30.3 Å². The Hall–Kier alpha value is -2.08. The van der Waals surface area contributed by atoms with Gasteiger partial charge in [-0.2, -0.15) is 0 Å². The highest BCUT2D eigenvalue weighted by Gasteiger charge is 2.50. The third-order valence-electron chi connectivity index (χ3n) is 5.18. The lowest BCUT2D eigenvalue weighted by molar-refractivity contribution is -0.162. The zero-order valence-corrected chi connectivity index (χ0v) is 16.0.